The lowest BCUT2D eigenvalue weighted by Crippen LogP contribution is -2.16. The van der Waals surface area contributed by atoms with Crippen LogP contribution in [0.25, 0.3) is 22.0 Å². The molecule has 6 heteroatoms. The van der Waals surface area contributed by atoms with E-state index < -0.39 is 0 Å². The van der Waals surface area contributed by atoms with E-state index in [1.165, 1.54) is 0 Å². The van der Waals surface area contributed by atoms with Crippen LogP contribution in [0.5, 0.6) is 0 Å². The Labute approximate surface area is 155 Å². The molecular formula is C20H19N3O2S. The van der Waals surface area contributed by atoms with Gasteiger partial charge in [0.25, 0.3) is 5.91 Å². The maximum Gasteiger partial charge on any atom is 0.294 e. The Morgan fingerprint density at radius 3 is 2.77 bits per heavy atom. The van der Waals surface area contributed by atoms with E-state index in [1.807, 2.05) is 66.3 Å². The Kier molecular flexibility index (Phi) is 4.42. The van der Waals surface area contributed by atoms with Crippen LogP contribution in [0.15, 0.2) is 52.9 Å². The van der Waals surface area contributed by atoms with E-state index in [9.17, 15) is 4.79 Å². The van der Waals surface area contributed by atoms with Crippen molar-refractivity contribution < 1.29 is 9.21 Å². The number of rotatable bonds is 5. The summed E-state index contributed by atoms with van der Waals surface area (Å²) in [5.74, 6) is 1.34. The van der Waals surface area contributed by atoms with Gasteiger partial charge in [0, 0.05) is 23.2 Å². The highest BCUT2D eigenvalue weighted by Crippen LogP contribution is 2.29. The predicted molar refractivity (Wildman–Crippen MR) is 107 cm³/mol. The van der Waals surface area contributed by atoms with Crippen LogP contribution in [0.2, 0.25) is 0 Å². The number of fused-ring (bicyclic) bond motifs is 2. The van der Waals surface area contributed by atoms with Crippen LogP contribution in [0.3, 0.4) is 0 Å². The molecule has 0 aliphatic heterocycles. The van der Waals surface area contributed by atoms with Gasteiger partial charge in [-0.1, -0.05) is 30.3 Å². The average molecular weight is 365 g/mol. The number of furan rings is 1. The lowest BCUT2D eigenvalue weighted by atomic mass is 10.1. The van der Waals surface area contributed by atoms with Gasteiger partial charge in [-0.25, -0.2) is 4.98 Å². The van der Waals surface area contributed by atoms with E-state index >= 15 is 0 Å². The van der Waals surface area contributed by atoms with Crippen molar-refractivity contribution in [3.05, 3.63) is 59.9 Å². The van der Waals surface area contributed by atoms with E-state index in [-0.39, 0.29) is 5.91 Å². The Hall–Kier alpha value is -2.73. The Morgan fingerprint density at radius 2 is 1.96 bits per heavy atom. The number of carbonyl (C=O) groups is 1. The number of benzene rings is 2. The monoisotopic (exact) mass is 365 g/mol. The number of aromatic nitrogens is 2. The van der Waals surface area contributed by atoms with Gasteiger partial charge in [0.1, 0.15) is 5.58 Å². The second-order valence-electron chi connectivity index (χ2n) is 5.96. The number of nitrogens with one attached hydrogen (secondary N) is 1. The predicted octanol–water partition coefficient (Wildman–Crippen LogP) is 4.92. The fraction of sp³-hybridized carbons (Fsp3) is 0.200. The van der Waals surface area contributed by atoms with Gasteiger partial charge in [-0.3, -0.25) is 10.1 Å². The van der Waals surface area contributed by atoms with Crippen LogP contribution in [0.1, 0.15) is 23.0 Å². The lowest BCUT2D eigenvalue weighted by Gasteiger charge is -2.07. The largest absolute Gasteiger partial charge is 0.451 e. The zero-order valence-electron chi connectivity index (χ0n) is 14.7. The van der Waals surface area contributed by atoms with Crippen LogP contribution in [0.4, 0.5) is 5.95 Å². The normalized spacial score (nSPS) is 11.3. The smallest absolute Gasteiger partial charge is 0.294 e. The zero-order valence-corrected chi connectivity index (χ0v) is 15.5. The highest BCUT2D eigenvalue weighted by Gasteiger charge is 2.22. The minimum Gasteiger partial charge on any atom is -0.451 e. The molecule has 5 nitrogen and oxygen atoms in total. The number of imidazole rings is 1. The van der Waals surface area contributed by atoms with Crippen molar-refractivity contribution in [1.29, 1.82) is 0 Å². The molecule has 0 atom stereocenters. The number of hydrogen-bond donors (Lipinski definition) is 1. The van der Waals surface area contributed by atoms with Gasteiger partial charge in [-0.2, -0.15) is 11.8 Å². The highest BCUT2D eigenvalue weighted by atomic mass is 32.2. The van der Waals surface area contributed by atoms with Gasteiger partial charge in [-0.15, -0.1) is 0 Å². The number of carbonyl (C=O) groups excluding carboxylic acids is 1. The summed E-state index contributed by atoms with van der Waals surface area (Å²) in [6.07, 6.45) is 2.01. The van der Waals surface area contributed by atoms with E-state index in [0.717, 1.165) is 27.6 Å². The minimum atomic E-state index is -0.268. The summed E-state index contributed by atoms with van der Waals surface area (Å²) in [5.41, 5.74) is 3.51. The quantitative estimate of drug-likeness (QED) is 0.545. The molecule has 0 saturated heterocycles. The molecule has 0 aliphatic rings. The van der Waals surface area contributed by atoms with Gasteiger partial charge < -0.3 is 8.98 Å². The number of thioether (sulfide) groups is 1. The molecule has 1 N–H and O–H groups in total. The zero-order chi connectivity index (χ0) is 18.1. The first-order chi connectivity index (χ1) is 12.7. The Balaban J connectivity index is 1.75. The average Bonchev–Trinajstić information content (AvgIpc) is 3.20. The van der Waals surface area contributed by atoms with Crippen LogP contribution in [0, 0.1) is 0 Å². The first-order valence-electron chi connectivity index (χ1n) is 8.49. The van der Waals surface area contributed by atoms with Gasteiger partial charge >= 0.3 is 0 Å². The lowest BCUT2D eigenvalue weighted by molar-refractivity contribution is 0.0996. The molecule has 0 radical (unpaired) electrons. The molecule has 0 fully saturated rings. The van der Waals surface area contributed by atoms with Crippen molar-refractivity contribution in [2.45, 2.75) is 19.2 Å². The van der Waals surface area contributed by atoms with Gasteiger partial charge in [0.15, 0.2) is 5.76 Å². The topological polar surface area (TPSA) is 60.1 Å². The number of aryl methyl sites for hydroxylation is 1. The van der Waals surface area contributed by atoms with Crippen molar-refractivity contribution in [1.82, 2.24) is 9.55 Å². The van der Waals surface area contributed by atoms with E-state index in [1.54, 1.807) is 11.8 Å². The van der Waals surface area contributed by atoms with Crippen LogP contribution >= 0.6 is 11.8 Å². The molecule has 0 saturated carbocycles. The molecule has 0 aliphatic carbocycles. The molecule has 0 bridgehead atoms. The summed E-state index contributed by atoms with van der Waals surface area (Å²) in [7, 11) is 0. The SMILES string of the molecule is CCn1c(NC(=O)c2oc3ccccc3c2CSC)nc2ccccc21. The maximum absolute atomic E-state index is 13.0. The molecule has 1 amide bonds. The number of para-hydroxylation sites is 3. The first-order valence-corrected chi connectivity index (χ1v) is 9.88. The van der Waals surface area contributed by atoms with Gasteiger partial charge in [0.2, 0.25) is 5.95 Å². The second-order valence-corrected chi connectivity index (χ2v) is 6.83. The fourth-order valence-corrected chi connectivity index (χ4v) is 3.79. The molecular weight excluding hydrogens is 346 g/mol. The molecule has 0 unspecified atom stereocenters. The third-order valence-corrected chi connectivity index (χ3v) is 4.97. The Morgan fingerprint density at radius 1 is 1.19 bits per heavy atom. The standard InChI is InChI=1S/C20H19N3O2S/c1-3-23-16-10-6-5-9-15(16)21-20(23)22-19(24)18-14(12-26-2)13-8-4-7-11-17(13)25-18/h4-11H,3,12H2,1-2H3,(H,21,22,24). The minimum absolute atomic E-state index is 0.268. The number of amides is 1. The molecule has 132 valence electrons. The summed E-state index contributed by atoms with van der Waals surface area (Å²) in [6.45, 7) is 2.75. The molecule has 0 spiro atoms. The van der Waals surface area contributed by atoms with Crippen molar-refractivity contribution in [3.8, 4) is 0 Å². The third-order valence-electron chi connectivity index (χ3n) is 4.39. The Bertz CT molecular complexity index is 1100. The molecule has 4 aromatic rings. The van der Waals surface area contributed by atoms with Crippen LogP contribution in [-0.2, 0) is 12.3 Å². The van der Waals surface area contributed by atoms with Crippen LogP contribution < -0.4 is 5.32 Å². The molecule has 2 aromatic heterocycles. The van der Waals surface area contributed by atoms with E-state index in [2.05, 4.69) is 10.3 Å². The van der Waals surface area contributed by atoms with Gasteiger partial charge in [0.05, 0.1) is 11.0 Å². The molecule has 2 aromatic carbocycles. The van der Waals surface area contributed by atoms with Crippen molar-refractivity contribution in [2.24, 2.45) is 0 Å². The molecule has 4 rings (SSSR count). The second kappa shape index (κ2) is 6.88. The van der Waals surface area contributed by atoms with Gasteiger partial charge in [-0.05, 0) is 31.4 Å². The van der Waals surface area contributed by atoms with Crippen LogP contribution in [-0.4, -0.2) is 21.7 Å². The number of nitrogens with zero attached hydrogens (tertiary/aromatic N) is 2. The summed E-state index contributed by atoms with van der Waals surface area (Å²) >= 11 is 1.66. The first kappa shape index (κ1) is 16.7. The summed E-state index contributed by atoms with van der Waals surface area (Å²) in [5, 5.41) is 3.92. The molecule has 2 heterocycles. The molecule has 26 heavy (non-hydrogen) atoms. The summed E-state index contributed by atoms with van der Waals surface area (Å²) in [6, 6.07) is 15.6. The number of anilines is 1. The maximum atomic E-state index is 13.0. The highest BCUT2D eigenvalue weighted by molar-refractivity contribution is 7.97. The fourth-order valence-electron chi connectivity index (χ4n) is 3.22. The van der Waals surface area contributed by atoms with E-state index in [0.29, 0.717) is 24.0 Å². The van der Waals surface area contributed by atoms with Crippen molar-refractivity contribution >= 4 is 45.6 Å². The third kappa shape index (κ3) is 2.76. The van der Waals surface area contributed by atoms with Crippen molar-refractivity contribution in [2.75, 3.05) is 11.6 Å². The summed E-state index contributed by atoms with van der Waals surface area (Å²) in [4.78, 5) is 17.5. The summed E-state index contributed by atoms with van der Waals surface area (Å²) < 4.78 is 7.86. The number of hydrogen-bond acceptors (Lipinski definition) is 4. The van der Waals surface area contributed by atoms with E-state index in [4.69, 9.17) is 4.42 Å². The van der Waals surface area contributed by atoms with Crippen molar-refractivity contribution in [3.63, 3.8) is 0 Å².